The summed E-state index contributed by atoms with van der Waals surface area (Å²) in [4.78, 5) is 29.8. The minimum atomic E-state index is -4.14. The van der Waals surface area contributed by atoms with Gasteiger partial charge in [0.2, 0.25) is 5.91 Å². The Hall–Kier alpha value is -2.49. The van der Waals surface area contributed by atoms with Crippen LogP contribution in [0, 0.1) is 5.92 Å². The number of piperidine rings is 1. The number of urea groups is 1. The average Bonchev–Trinajstić information content (AvgIpc) is 3.23. The first-order chi connectivity index (χ1) is 15.3. The number of hydrogen-bond donors (Lipinski definition) is 1. The molecule has 1 aromatic carbocycles. The lowest BCUT2D eigenvalue weighted by Crippen LogP contribution is -2.63. The lowest BCUT2D eigenvalue weighted by atomic mass is 9.91. The normalized spacial score (nSPS) is 28.9. The Bertz CT molecular complexity index is 872. The fraction of sp³-hybridized carbons (Fsp3) is 0.636. The number of carbonyl (C=O) groups is 2. The maximum Gasteiger partial charge on any atom is 0.393 e. The van der Waals surface area contributed by atoms with Gasteiger partial charge >= 0.3 is 12.2 Å². The van der Waals surface area contributed by atoms with Crippen LogP contribution in [-0.2, 0) is 9.53 Å². The van der Waals surface area contributed by atoms with Crippen LogP contribution in [0.2, 0.25) is 0 Å². The number of amides is 3. The number of hydrogen-bond acceptors (Lipinski definition) is 4. The summed E-state index contributed by atoms with van der Waals surface area (Å²) >= 11 is 0. The molecule has 4 aliphatic rings. The molecule has 4 aliphatic heterocycles. The molecule has 4 saturated heterocycles. The smallest absolute Gasteiger partial charge is 0.371 e. The minimum Gasteiger partial charge on any atom is -0.371 e. The van der Waals surface area contributed by atoms with Gasteiger partial charge in [-0.3, -0.25) is 4.79 Å². The number of carbonyl (C=O) groups excluding carboxylic acids is 2. The van der Waals surface area contributed by atoms with E-state index in [1.165, 1.54) is 0 Å². The summed E-state index contributed by atoms with van der Waals surface area (Å²) in [7, 11) is 0. The van der Waals surface area contributed by atoms with Gasteiger partial charge in [0.1, 0.15) is 6.61 Å². The van der Waals surface area contributed by atoms with Crippen LogP contribution in [0.25, 0.3) is 0 Å². The second-order valence-corrected chi connectivity index (χ2v) is 9.21. The van der Waals surface area contributed by atoms with Gasteiger partial charge < -0.3 is 24.8 Å². The zero-order valence-electron chi connectivity index (χ0n) is 17.7. The van der Waals surface area contributed by atoms with Gasteiger partial charge in [-0.1, -0.05) is 12.1 Å². The van der Waals surface area contributed by atoms with Gasteiger partial charge in [0.05, 0.1) is 18.1 Å². The van der Waals surface area contributed by atoms with Crippen molar-refractivity contribution >= 4 is 17.6 Å². The maximum atomic E-state index is 12.9. The Morgan fingerprint density at radius 3 is 2.44 bits per heavy atom. The van der Waals surface area contributed by atoms with Crippen molar-refractivity contribution in [2.75, 3.05) is 50.8 Å². The van der Waals surface area contributed by atoms with E-state index in [-0.39, 0.29) is 49.6 Å². The molecule has 174 valence electrons. The Labute approximate surface area is 184 Å². The molecule has 4 heterocycles. The summed E-state index contributed by atoms with van der Waals surface area (Å²) in [5.74, 6) is -1.17. The molecule has 32 heavy (non-hydrogen) atoms. The van der Waals surface area contributed by atoms with Crippen LogP contribution in [0.1, 0.15) is 24.3 Å². The molecule has 3 atom stereocenters. The average molecular weight is 452 g/mol. The Morgan fingerprint density at radius 2 is 1.75 bits per heavy atom. The van der Waals surface area contributed by atoms with Crippen molar-refractivity contribution in [2.24, 2.45) is 5.92 Å². The third-order valence-electron chi connectivity index (χ3n) is 7.13. The van der Waals surface area contributed by atoms with Gasteiger partial charge in [-0.25, -0.2) is 4.79 Å². The van der Waals surface area contributed by atoms with Gasteiger partial charge in [-0.2, -0.15) is 13.2 Å². The topological polar surface area (TPSA) is 65.1 Å². The molecule has 0 spiro atoms. The van der Waals surface area contributed by atoms with Crippen LogP contribution in [0.4, 0.5) is 23.7 Å². The molecule has 4 fully saturated rings. The first-order valence-corrected chi connectivity index (χ1v) is 11.1. The fourth-order valence-electron chi connectivity index (χ4n) is 5.14. The Kier molecular flexibility index (Phi) is 5.43. The van der Waals surface area contributed by atoms with Crippen molar-refractivity contribution in [2.45, 2.75) is 37.1 Å². The van der Waals surface area contributed by atoms with Crippen LogP contribution >= 0.6 is 0 Å². The van der Waals surface area contributed by atoms with E-state index in [9.17, 15) is 22.8 Å². The van der Waals surface area contributed by atoms with Gasteiger partial charge in [-0.05, 0) is 30.5 Å². The van der Waals surface area contributed by atoms with E-state index in [0.717, 1.165) is 11.3 Å². The van der Waals surface area contributed by atoms with Crippen LogP contribution in [0.15, 0.2) is 24.3 Å². The summed E-state index contributed by atoms with van der Waals surface area (Å²) in [6.07, 6.45) is -3.32. The number of likely N-dealkylation sites (tertiary alicyclic amines) is 2. The fourth-order valence-corrected chi connectivity index (χ4v) is 5.14. The third-order valence-corrected chi connectivity index (χ3v) is 7.13. The van der Waals surface area contributed by atoms with Crippen LogP contribution in [0.3, 0.4) is 0 Å². The van der Waals surface area contributed by atoms with Gasteiger partial charge in [-0.15, -0.1) is 0 Å². The van der Waals surface area contributed by atoms with Crippen molar-refractivity contribution in [3.8, 4) is 0 Å². The molecule has 10 heteroatoms. The Balaban J connectivity index is 1.12. The van der Waals surface area contributed by atoms with Crippen molar-refractivity contribution in [3.05, 3.63) is 29.8 Å². The Morgan fingerprint density at radius 1 is 1.00 bits per heavy atom. The molecule has 7 nitrogen and oxygen atoms in total. The maximum absolute atomic E-state index is 12.9. The number of benzene rings is 1. The van der Waals surface area contributed by atoms with E-state index in [0.29, 0.717) is 39.1 Å². The van der Waals surface area contributed by atoms with E-state index in [1.54, 1.807) is 14.7 Å². The molecular weight excluding hydrogens is 425 g/mol. The van der Waals surface area contributed by atoms with Crippen LogP contribution in [-0.4, -0.2) is 85.9 Å². The molecule has 0 aromatic heterocycles. The molecule has 0 aliphatic carbocycles. The number of nitrogens with one attached hydrogen (secondary N) is 1. The first kappa shape index (κ1) is 21.4. The summed E-state index contributed by atoms with van der Waals surface area (Å²) < 4.78 is 44.3. The van der Waals surface area contributed by atoms with E-state index in [2.05, 4.69) is 5.32 Å². The second-order valence-electron chi connectivity index (χ2n) is 9.21. The molecule has 0 radical (unpaired) electrons. The first-order valence-electron chi connectivity index (χ1n) is 11.1. The highest BCUT2D eigenvalue weighted by Crippen LogP contribution is 2.36. The molecule has 1 aromatic rings. The molecule has 3 amide bonds. The zero-order valence-corrected chi connectivity index (χ0v) is 17.7. The predicted octanol–water partition coefficient (Wildman–Crippen LogP) is 2.18. The van der Waals surface area contributed by atoms with Crippen molar-refractivity contribution < 1.29 is 27.5 Å². The molecular formula is C22H27F3N4O3. The quantitative estimate of drug-likeness (QED) is 0.747. The molecule has 1 N–H and O–H groups in total. The summed E-state index contributed by atoms with van der Waals surface area (Å²) in [6, 6.07) is 7.52. The zero-order chi connectivity index (χ0) is 22.5. The van der Waals surface area contributed by atoms with Crippen molar-refractivity contribution in [3.63, 3.8) is 0 Å². The number of halogens is 3. The van der Waals surface area contributed by atoms with Crippen LogP contribution < -0.4 is 10.2 Å². The third kappa shape index (κ3) is 4.12. The van der Waals surface area contributed by atoms with Gasteiger partial charge in [0, 0.05) is 50.9 Å². The highest BCUT2D eigenvalue weighted by Gasteiger charge is 2.44. The van der Waals surface area contributed by atoms with Gasteiger partial charge in [0.15, 0.2) is 0 Å². The monoisotopic (exact) mass is 452 g/mol. The molecule has 0 bridgehead atoms. The highest BCUT2D eigenvalue weighted by atomic mass is 19.4. The van der Waals surface area contributed by atoms with E-state index in [1.807, 2.05) is 24.3 Å². The van der Waals surface area contributed by atoms with Gasteiger partial charge in [0.25, 0.3) is 0 Å². The number of alkyl halides is 3. The number of fused-ring (bicyclic) bond motifs is 1. The van der Waals surface area contributed by atoms with E-state index in [4.69, 9.17) is 4.74 Å². The molecule has 1 unspecified atom stereocenters. The van der Waals surface area contributed by atoms with Crippen LogP contribution in [0.5, 0.6) is 0 Å². The minimum absolute atomic E-state index is 0.0116. The summed E-state index contributed by atoms with van der Waals surface area (Å²) in [5.41, 5.74) is 1.91. The SMILES string of the molecule is O=C1CO[C@H]2CCN(C(=O)N3CC(c4ccc(N5CCC(C(F)(F)F)C5)cc4)C3)C[C@H]2N1. The summed E-state index contributed by atoms with van der Waals surface area (Å²) in [6.45, 7) is 2.82. The van der Waals surface area contributed by atoms with E-state index >= 15 is 0 Å². The number of ether oxygens (including phenoxy) is 1. The van der Waals surface area contributed by atoms with Crippen molar-refractivity contribution in [1.82, 2.24) is 15.1 Å². The van der Waals surface area contributed by atoms with Crippen molar-refractivity contribution in [1.29, 1.82) is 0 Å². The summed E-state index contributed by atoms with van der Waals surface area (Å²) in [5, 5.41) is 2.91. The second kappa shape index (κ2) is 8.13. The standard InChI is InChI=1S/C22H27F3N4O3/c23-22(24,25)16-5-7-27(11-16)17-3-1-14(2-4-17)15-9-29(10-15)21(31)28-8-6-19-18(12-28)26-20(30)13-32-19/h1-4,15-16,18-19H,5-13H2,(H,26,30)/t16?,18-,19+/m1/s1. The largest absolute Gasteiger partial charge is 0.393 e. The number of rotatable bonds is 2. The number of morpholine rings is 1. The molecule has 0 saturated carbocycles. The highest BCUT2D eigenvalue weighted by molar-refractivity contribution is 5.79. The number of anilines is 1. The lowest BCUT2D eigenvalue weighted by Gasteiger charge is -2.46. The predicted molar refractivity (Wildman–Crippen MR) is 110 cm³/mol. The lowest BCUT2D eigenvalue weighted by molar-refractivity contribution is -0.168. The van der Waals surface area contributed by atoms with E-state index < -0.39 is 12.1 Å². The number of nitrogens with zero attached hydrogens (tertiary/aromatic N) is 3. The molecule has 5 rings (SSSR count).